The van der Waals surface area contributed by atoms with Gasteiger partial charge in [-0.1, -0.05) is 42.5 Å². The molecule has 0 fully saturated rings. The lowest BCUT2D eigenvalue weighted by atomic mass is 10.1. The Morgan fingerprint density at radius 2 is 1.85 bits per heavy atom. The van der Waals surface area contributed by atoms with Gasteiger partial charge in [0.2, 0.25) is 11.8 Å². The number of nitro groups is 1. The van der Waals surface area contributed by atoms with Crippen LogP contribution in [-0.2, 0) is 16.0 Å². The third kappa shape index (κ3) is 5.14. The summed E-state index contributed by atoms with van der Waals surface area (Å²) in [6, 6.07) is 15.1. The zero-order valence-corrected chi connectivity index (χ0v) is 14.7. The first-order chi connectivity index (χ1) is 12.4. The summed E-state index contributed by atoms with van der Waals surface area (Å²) in [5, 5.41) is 13.5. The molecule has 1 atom stereocenters. The van der Waals surface area contributed by atoms with E-state index in [0.29, 0.717) is 5.56 Å². The first-order valence-corrected chi connectivity index (χ1v) is 8.19. The Balaban J connectivity index is 1.91. The Morgan fingerprint density at radius 3 is 2.50 bits per heavy atom. The van der Waals surface area contributed by atoms with Crippen molar-refractivity contribution in [1.82, 2.24) is 10.2 Å². The summed E-state index contributed by atoms with van der Waals surface area (Å²) in [5.41, 5.74) is 1.51. The maximum absolute atomic E-state index is 12.3. The molecule has 26 heavy (non-hydrogen) atoms. The fourth-order valence-corrected chi connectivity index (χ4v) is 2.48. The van der Waals surface area contributed by atoms with E-state index < -0.39 is 4.92 Å². The second-order valence-electron chi connectivity index (χ2n) is 5.97. The second-order valence-corrected chi connectivity index (χ2v) is 5.97. The van der Waals surface area contributed by atoms with E-state index in [4.69, 9.17) is 0 Å². The van der Waals surface area contributed by atoms with Crippen molar-refractivity contribution in [3.8, 4) is 0 Å². The molecule has 0 aliphatic heterocycles. The normalized spacial score (nSPS) is 11.5. The molecule has 0 saturated heterocycles. The zero-order valence-electron chi connectivity index (χ0n) is 14.7. The summed E-state index contributed by atoms with van der Waals surface area (Å²) < 4.78 is 0. The number of amides is 2. The summed E-state index contributed by atoms with van der Waals surface area (Å²) in [4.78, 5) is 36.1. The van der Waals surface area contributed by atoms with E-state index in [1.54, 1.807) is 26.1 Å². The van der Waals surface area contributed by atoms with Gasteiger partial charge in [0.05, 0.1) is 23.9 Å². The van der Waals surface area contributed by atoms with Crippen molar-refractivity contribution >= 4 is 17.5 Å². The maximum Gasteiger partial charge on any atom is 0.269 e. The van der Waals surface area contributed by atoms with Crippen LogP contribution < -0.4 is 5.32 Å². The predicted octanol–water partition coefficient (Wildman–Crippen LogP) is 2.47. The number of non-ortho nitro benzene ring substituents is 1. The third-order valence-corrected chi connectivity index (χ3v) is 4.18. The largest absolute Gasteiger partial charge is 0.347 e. The lowest BCUT2D eigenvalue weighted by Gasteiger charge is -2.25. The molecule has 2 amide bonds. The molecule has 0 unspecified atom stereocenters. The first kappa shape index (κ1) is 19.1. The van der Waals surface area contributed by atoms with Crippen LogP contribution in [0.5, 0.6) is 0 Å². The van der Waals surface area contributed by atoms with Gasteiger partial charge in [-0.25, -0.2) is 0 Å². The lowest BCUT2D eigenvalue weighted by molar-refractivity contribution is -0.384. The molecule has 2 rings (SSSR count). The number of rotatable bonds is 7. The maximum atomic E-state index is 12.3. The Hall–Kier alpha value is -3.22. The molecule has 0 saturated carbocycles. The molecular weight excluding hydrogens is 334 g/mol. The number of carbonyl (C=O) groups excluding carboxylic acids is 2. The smallest absolute Gasteiger partial charge is 0.269 e. The average molecular weight is 355 g/mol. The summed E-state index contributed by atoms with van der Waals surface area (Å²) >= 11 is 0. The highest BCUT2D eigenvalue weighted by Crippen LogP contribution is 2.22. The molecule has 2 aromatic rings. The van der Waals surface area contributed by atoms with E-state index in [1.807, 2.05) is 30.3 Å². The molecule has 0 radical (unpaired) electrons. The van der Waals surface area contributed by atoms with Crippen LogP contribution in [0.1, 0.15) is 24.1 Å². The molecule has 136 valence electrons. The SMILES string of the molecule is C[C@H](c1cccc([N+](=O)[O-])c1)N(C)C(=O)CNC(=O)Cc1ccccc1. The van der Waals surface area contributed by atoms with Gasteiger partial charge in [0, 0.05) is 19.2 Å². The van der Waals surface area contributed by atoms with Crippen molar-refractivity contribution in [1.29, 1.82) is 0 Å². The van der Waals surface area contributed by atoms with Crippen LogP contribution >= 0.6 is 0 Å². The highest BCUT2D eigenvalue weighted by Gasteiger charge is 2.19. The molecule has 0 aromatic heterocycles. The lowest BCUT2D eigenvalue weighted by Crippen LogP contribution is -2.39. The van der Waals surface area contributed by atoms with E-state index in [9.17, 15) is 19.7 Å². The fourth-order valence-electron chi connectivity index (χ4n) is 2.48. The molecule has 7 nitrogen and oxygen atoms in total. The van der Waals surface area contributed by atoms with Gasteiger partial charge in [0.25, 0.3) is 5.69 Å². The number of nitrogens with one attached hydrogen (secondary N) is 1. The topological polar surface area (TPSA) is 92.6 Å². The monoisotopic (exact) mass is 355 g/mol. The molecule has 2 aromatic carbocycles. The van der Waals surface area contributed by atoms with Gasteiger partial charge in [0.1, 0.15) is 0 Å². The minimum Gasteiger partial charge on any atom is -0.347 e. The van der Waals surface area contributed by atoms with Crippen molar-refractivity contribution in [2.24, 2.45) is 0 Å². The molecule has 1 N–H and O–H groups in total. The van der Waals surface area contributed by atoms with Gasteiger partial charge in [-0.2, -0.15) is 0 Å². The Morgan fingerprint density at radius 1 is 1.15 bits per heavy atom. The van der Waals surface area contributed by atoms with Gasteiger partial charge >= 0.3 is 0 Å². The van der Waals surface area contributed by atoms with Crippen LogP contribution in [0.25, 0.3) is 0 Å². The number of nitro benzene ring substituents is 1. The molecule has 7 heteroatoms. The summed E-state index contributed by atoms with van der Waals surface area (Å²) in [5.74, 6) is -0.508. The fraction of sp³-hybridized carbons (Fsp3) is 0.263. The van der Waals surface area contributed by atoms with E-state index >= 15 is 0 Å². The van der Waals surface area contributed by atoms with Crippen LogP contribution in [0.3, 0.4) is 0 Å². The number of hydrogen-bond donors (Lipinski definition) is 1. The summed E-state index contributed by atoms with van der Waals surface area (Å²) in [7, 11) is 1.61. The highest BCUT2D eigenvalue weighted by atomic mass is 16.6. The van der Waals surface area contributed by atoms with E-state index in [2.05, 4.69) is 5.32 Å². The Kier molecular flexibility index (Phi) is 6.43. The molecule has 0 bridgehead atoms. The number of hydrogen-bond acceptors (Lipinski definition) is 4. The summed E-state index contributed by atoms with van der Waals surface area (Å²) in [6.07, 6.45) is 0.207. The zero-order chi connectivity index (χ0) is 19.1. The Bertz CT molecular complexity index is 792. The minimum atomic E-state index is -0.470. The molecule has 0 spiro atoms. The standard InChI is InChI=1S/C19H21N3O4/c1-14(16-9-6-10-17(12-16)22(25)26)21(2)19(24)13-20-18(23)11-15-7-4-3-5-8-15/h3-10,12,14H,11,13H2,1-2H3,(H,20,23)/t14-/m1/s1. The van der Waals surface area contributed by atoms with Gasteiger partial charge in [0.15, 0.2) is 0 Å². The number of benzene rings is 2. The van der Waals surface area contributed by atoms with Crippen LogP contribution in [0.15, 0.2) is 54.6 Å². The number of nitrogens with zero attached hydrogens (tertiary/aromatic N) is 2. The highest BCUT2D eigenvalue weighted by molar-refractivity contribution is 5.85. The molecule has 0 aliphatic rings. The van der Waals surface area contributed by atoms with Crippen LogP contribution in [-0.4, -0.2) is 35.2 Å². The molecular formula is C19H21N3O4. The quantitative estimate of drug-likeness (QED) is 0.610. The number of likely N-dealkylation sites (N-methyl/N-ethyl adjacent to an activating group) is 1. The summed E-state index contributed by atoms with van der Waals surface area (Å²) in [6.45, 7) is 1.66. The third-order valence-electron chi connectivity index (χ3n) is 4.18. The van der Waals surface area contributed by atoms with Crippen LogP contribution in [0.4, 0.5) is 5.69 Å². The minimum absolute atomic E-state index is 0.0219. The van der Waals surface area contributed by atoms with Gasteiger partial charge in [-0.05, 0) is 18.1 Å². The van der Waals surface area contributed by atoms with Crippen molar-refractivity contribution < 1.29 is 14.5 Å². The van der Waals surface area contributed by atoms with Crippen molar-refractivity contribution in [2.75, 3.05) is 13.6 Å². The van der Waals surface area contributed by atoms with Gasteiger partial charge in [-0.3, -0.25) is 19.7 Å². The average Bonchev–Trinajstić information content (AvgIpc) is 2.65. The van der Waals surface area contributed by atoms with Gasteiger partial charge < -0.3 is 10.2 Å². The van der Waals surface area contributed by atoms with Crippen molar-refractivity contribution in [3.05, 3.63) is 75.8 Å². The van der Waals surface area contributed by atoms with Gasteiger partial charge in [-0.15, -0.1) is 0 Å². The number of carbonyl (C=O) groups is 2. The van der Waals surface area contributed by atoms with Crippen molar-refractivity contribution in [2.45, 2.75) is 19.4 Å². The molecule has 0 aliphatic carbocycles. The Labute approximate surface area is 151 Å². The second kappa shape index (κ2) is 8.75. The van der Waals surface area contributed by atoms with E-state index in [0.717, 1.165) is 5.56 Å². The molecule has 0 heterocycles. The predicted molar refractivity (Wildman–Crippen MR) is 97.4 cm³/mol. The van der Waals surface area contributed by atoms with Crippen LogP contribution in [0, 0.1) is 10.1 Å². The van der Waals surface area contributed by atoms with E-state index in [1.165, 1.54) is 17.0 Å². The van der Waals surface area contributed by atoms with Crippen LogP contribution in [0.2, 0.25) is 0 Å². The van der Waals surface area contributed by atoms with E-state index in [-0.39, 0.29) is 36.5 Å². The first-order valence-electron chi connectivity index (χ1n) is 8.19. The van der Waals surface area contributed by atoms with Crippen molar-refractivity contribution in [3.63, 3.8) is 0 Å².